The minimum Gasteiger partial charge on any atom is -0.387 e. The second kappa shape index (κ2) is 9.55. The van der Waals surface area contributed by atoms with E-state index in [1.54, 1.807) is 18.2 Å². The molecule has 0 radical (unpaired) electrons. The van der Waals surface area contributed by atoms with Crippen LogP contribution in [0.4, 0.5) is 5.69 Å². The SMILES string of the molecule is CO[C@H]1O[C@@H]2CO[C@@H](c3ccccc3)O[C@H]2[C@H](O)[C@H]1OCc1ccccc1N=[N+]=[N-]. The fourth-order valence-electron chi connectivity index (χ4n) is 3.68. The van der Waals surface area contributed by atoms with E-state index in [1.807, 2.05) is 36.4 Å². The maximum Gasteiger partial charge on any atom is 0.186 e. The summed E-state index contributed by atoms with van der Waals surface area (Å²) in [5.74, 6) is 0. The van der Waals surface area contributed by atoms with E-state index in [9.17, 15) is 5.11 Å². The first-order valence-electron chi connectivity index (χ1n) is 9.64. The first-order chi connectivity index (χ1) is 14.7. The molecule has 2 aliphatic heterocycles. The van der Waals surface area contributed by atoms with Crippen LogP contribution in [0.25, 0.3) is 10.4 Å². The van der Waals surface area contributed by atoms with Gasteiger partial charge in [-0.25, -0.2) is 0 Å². The van der Waals surface area contributed by atoms with Gasteiger partial charge >= 0.3 is 0 Å². The zero-order valence-corrected chi connectivity index (χ0v) is 16.4. The number of aliphatic hydroxyl groups is 1. The third-order valence-corrected chi connectivity index (χ3v) is 5.19. The van der Waals surface area contributed by atoms with Crippen LogP contribution in [0.5, 0.6) is 0 Å². The van der Waals surface area contributed by atoms with Crippen LogP contribution in [0.1, 0.15) is 17.4 Å². The Hall–Kier alpha value is -2.49. The van der Waals surface area contributed by atoms with Crippen molar-refractivity contribution in [3.63, 3.8) is 0 Å². The van der Waals surface area contributed by atoms with Crippen molar-refractivity contribution >= 4 is 5.69 Å². The van der Waals surface area contributed by atoms with Gasteiger partial charge in [0.2, 0.25) is 0 Å². The minimum absolute atomic E-state index is 0.107. The molecule has 2 aliphatic rings. The van der Waals surface area contributed by atoms with Crippen molar-refractivity contribution in [1.82, 2.24) is 0 Å². The Balaban J connectivity index is 1.48. The molecule has 2 fully saturated rings. The topological polar surface area (TPSA) is 115 Å². The molecule has 0 amide bonds. The Labute approximate surface area is 173 Å². The van der Waals surface area contributed by atoms with Gasteiger partial charge in [-0.3, -0.25) is 0 Å². The molecular formula is C21H23N3O6. The van der Waals surface area contributed by atoms with Crippen molar-refractivity contribution < 1.29 is 28.8 Å². The number of rotatable bonds is 6. The molecule has 158 valence electrons. The van der Waals surface area contributed by atoms with Gasteiger partial charge in [-0.1, -0.05) is 59.7 Å². The summed E-state index contributed by atoms with van der Waals surface area (Å²) in [6.07, 6.45) is -4.34. The van der Waals surface area contributed by atoms with Crippen LogP contribution in [0.2, 0.25) is 0 Å². The highest BCUT2D eigenvalue weighted by atomic mass is 16.8. The van der Waals surface area contributed by atoms with Gasteiger partial charge in [-0.2, -0.15) is 0 Å². The second-order valence-electron chi connectivity index (χ2n) is 7.04. The first kappa shape index (κ1) is 20.8. The second-order valence-corrected chi connectivity index (χ2v) is 7.04. The van der Waals surface area contributed by atoms with E-state index in [-0.39, 0.29) is 13.2 Å². The van der Waals surface area contributed by atoms with Crippen LogP contribution in [-0.2, 0) is 30.3 Å². The molecule has 0 aromatic heterocycles. The molecule has 6 atom stereocenters. The van der Waals surface area contributed by atoms with Gasteiger partial charge < -0.3 is 28.8 Å². The van der Waals surface area contributed by atoms with E-state index >= 15 is 0 Å². The molecule has 9 heteroatoms. The number of hydrogen-bond donors (Lipinski definition) is 1. The molecule has 9 nitrogen and oxygen atoms in total. The molecule has 1 N–H and O–H groups in total. The maximum absolute atomic E-state index is 11.0. The van der Waals surface area contributed by atoms with E-state index in [0.717, 1.165) is 5.56 Å². The molecule has 0 spiro atoms. The number of benzene rings is 2. The monoisotopic (exact) mass is 413 g/mol. The summed E-state index contributed by atoms with van der Waals surface area (Å²) in [6, 6.07) is 16.6. The quantitative estimate of drug-likeness (QED) is 0.441. The molecule has 2 saturated heterocycles. The normalized spacial score (nSPS) is 30.9. The zero-order valence-electron chi connectivity index (χ0n) is 16.4. The number of azide groups is 1. The summed E-state index contributed by atoms with van der Waals surface area (Å²) >= 11 is 0. The van der Waals surface area contributed by atoms with Crippen molar-refractivity contribution in [2.75, 3.05) is 13.7 Å². The molecule has 0 unspecified atom stereocenters. The van der Waals surface area contributed by atoms with Crippen LogP contribution in [0, 0.1) is 0 Å². The lowest BCUT2D eigenvalue weighted by molar-refractivity contribution is -0.363. The van der Waals surface area contributed by atoms with Gasteiger partial charge in [0, 0.05) is 23.3 Å². The Bertz CT molecular complexity index is 891. The molecule has 0 saturated carbocycles. The Morgan fingerprint density at radius 3 is 2.67 bits per heavy atom. The Kier molecular flexibility index (Phi) is 6.61. The fraction of sp³-hybridized carbons (Fsp3) is 0.429. The molecular weight excluding hydrogens is 390 g/mol. The van der Waals surface area contributed by atoms with Crippen LogP contribution in [0.15, 0.2) is 59.7 Å². The minimum atomic E-state index is -1.00. The maximum atomic E-state index is 11.0. The number of aliphatic hydroxyl groups excluding tert-OH is 1. The summed E-state index contributed by atoms with van der Waals surface area (Å²) in [4.78, 5) is 2.84. The number of methoxy groups -OCH3 is 1. The van der Waals surface area contributed by atoms with Crippen molar-refractivity contribution in [1.29, 1.82) is 0 Å². The predicted octanol–water partition coefficient (Wildman–Crippen LogP) is 3.36. The Morgan fingerprint density at radius 1 is 1.13 bits per heavy atom. The average molecular weight is 413 g/mol. The van der Waals surface area contributed by atoms with Crippen molar-refractivity contribution in [2.45, 2.75) is 43.6 Å². The molecule has 2 aromatic rings. The molecule has 2 aromatic carbocycles. The van der Waals surface area contributed by atoms with Crippen LogP contribution in [-0.4, -0.2) is 49.5 Å². The highest BCUT2D eigenvalue weighted by Crippen LogP contribution is 2.35. The summed E-state index contributed by atoms with van der Waals surface area (Å²) in [5, 5.41) is 14.7. The van der Waals surface area contributed by atoms with Crippen LogP contribution < -0.4 is 0 Å². The largest absolute Gasteiger partial charge is 0.387 e. The lowest BCUT2D eigenvalue weighted by Crippen LogP contribution is -2.62. The summed E-state index contributed by atoms with van der Waals surface area (Å²) in [7, 11) is 1.49. The highest BCUT2D eigenvalue weighted by molar-refractivity contribution is 5.45. The van der Waals surface area contributed by atoms with Gasteiger partial charge in [0.1, 0.15) is 24.4 Å². The van der Waals surface area contributed by atoms with E-state index in [1.165, 1.54) is 7.11 Å². The van der Waals surface area contributed by atoms with Gasteiger partial charge in [-0.05, 0) is 11.1 Å². The van der Waals surface area contributed by atoms with E-state index in [2.05, 4.69) is 10.0 Å². The van der Waals surface area contributed by atoms with E-state index in [0.29, 0.717) is 11.3 Å². The molecule has 0 aliphatic carbocycles. The van der Waals surface area contributed by atoms with E-state index in [4.69, 9.17) is 29.2 Å². The summed E-state index contributed by atoms with van der Waals surface area (Å²) in [6.45, 7) is 0.365. The van der Waals surface area contributed by atoms with Crippen molar-refractivity contribution in [3.05, 3.63) is 76.2 Å². The number of fused-ring (bicyclic) bond motifs is 1. The smallest absolute Gasteiger partial charge is 0.186 e. The number of ether oxygens (including phenoxy) is 5. The number of hydrogen-bond acceptors (Lipinski definition) is 7. The lowest BCUT2D eigenvalue weighted by atomic mass is 9.97. The average Bonchev–Trinajstić information content (AvgIpc) is 2.80. The van der Waals surface area contributed by atoms with E-state index < -0.39 is 37.0 Å². The van der Waals surface area contributed by atoms with Gasteiger partial charge in [0.05, 0.1) is 13.2 Å². The van der Waals surface area contributed by atoms with Crippen molar-refractivity contribution in [2.24, 2.45) is 5.11 Å². The zero-order chi connectivity index (χ0) is 20.9. The Morgan fingerprint density at radius 2 is 1.90 bits per heavy atom. The third kappa shape index (κ3) is 4.33. The molecule has 30 heavy (non-hydrogen) atoms. The first-order valence-corrected chi connectivity index (χ1v) is 9.64. The molecule has 2 heterocycles. The third-order valence-electron chi connectivity index (χ3n) is 5.19. The molecule has 0 bridgehead atoms. The van der Waals surface area contributed by atoms with Crippen LogP contribution in [0.3, 0.4) is 0 Å². The van der Waals surface area contributed by atoms with Gasteiger partial charge in [-0.15, -0.1) is 0 Å². The standard InChI is InChI=1S/C21H23N3O6/c1-26-21-19(27-11-14-9-5-6-10-15(14)23-24-22)17(25)18-16(29-21)12-28-20(30-18)13-7-3-2-4-8-13/h2-10,16-21,25H,11-12H2,1H3/t16-,17+,18-,19-,20-,21+/m1/s1. The summed E-state index contributed by atoms with van der Waals surface area (Å²) in [5.41, 5.74) is 10.8. The highest BCUT2D eigenvalue weighted by Gasteiger charge is 2.50. The molecule has 4 rings (SSSR count). The number of nitrogens with zero attached hydrogens (tertiary/aromatic N) is 3. The van der Waals surface area contributed by atoms with Crippen molar-refractivity contribution in [3.8, 4) is 0 Å². The van der Waals surface area contributed by atoms with Gasteiger partial charge in [0.15, 0.2) is 12.6 Å². The predicted molar refractivity (Wildman–Crippen MR) is 106 cm³/mol. The summed E-state index contributed by atoms with van der Waals surface area (Å²) < 4.78 is 29.1. The fourth-order valence-corrected chi connectivity index (χ4v) is 3.68. The lowest BCUT2D eigenvalue weighted by Gasteiger charge is -2.47. The van der Waals surface area contributed by atoms with Crippen LogP contribution >= 0.6 is 0 Å². The van der Waals surface area contributed by atoms with Gasteiger partial charge in [0.25, 0.3) is 0 Å².